The molecular weight excluding hydrogens is 502 g/mol. The zero-order chi connectivity index (χ0) is 26.6. The predicted molar refractivity (Wildman–Crippen MR) is 135 cm³/mol. The second kappa shape index (κ2) is 11.2. The number of aromatic nitrogens is 2. The molecule has 1 amide bonds. The van der Waals surface area contributed by atoms with Crippen molar-refractivity contribution in [1.82, 2.24) is 20.6 Å². The molecule has 37 heavy (non-hydrogen) atoms. The Morgan fingerprint density at radius 2 is 1.92 bits per heavy atom. The Labute approximate surface area is 213 Å². The molecule has 0 radical (unpaired) electrons. The van der Waals surface area contributed by atoms with Gasteiger partial charge in [0.15, 0.2) is 9.84 Å². The summed E-state index contributed by atoms with van der Waals surface area (Å²) in [5.74, 6) is -2.09. The van der Waals surface area contributed by atoms with E-state index in [1.807, 2.05) is 19.1 Å². The Balaban J connectivity index is 1.53. The van der Waals surface area contributed by atoms with Crippen LogP contribution in [0.1, 0.15) is 34.9 Å². The van der Waals surface area contributed by atoms with E-state index in [0.717, 1.165) is 41.2 Å². The van der Waals surface area contributed by atoms with Gasteiger partial charge in [-0.15, -0.1) is 0 Å². The molecule has 2 aromatic carbocycles. The van der Waals surface area contributed by atoms with E-state index in [1.165, 1.54) is 12.5 Å². The number of aliphatic hydroxyl groups excluding tert-OH is 1. The first-order chi connectivity index (χ1) is 17.6. The molecule has 0 fully saturated rings. The third-order valence-corrected chi connectivity index (χ3v) is 7.43. The number of H-pyrrole nitrogens is 1. The summed E-state index contributed by atoms with van der Waals surface area (Å²) in [7, 11) is -3.51. The Kier molecular flexibility index (Phi) is 8.03. The molecule has 1 aliphatic heterocycles. The average molecular weight is 531 g/mol. The second-order valence-electron chi connectivity index (χ2n) is 9.04. The van der Waals surface area contributed by atoms with Crippen molar-refractivity contribution in [1.29, 1.82) is 0 Å². The lowest BCUT2D eigenvalue weighted by atomic mass is 9.99. The Morgan fingerprint density at radius 1 is 1.16 bits per heavy atom. The molecule has 4 N–H and O–H groups in total. The van der Waals surface area contributed by atoms with Crippen LogP contribution in [0.2, 0.25) is 0 Å². The molecule has 1 aliphatic rings. The molecule has 2 unspecified atom stereocenters. The number of nitrogens with zero attached hydrogens (tertiary/aromatic N) is 1. The quantitative estimate of drug-likeness (QED) is 0.319. The van der Waals surface area contributed by atoms with Crippen LogP contribution >= 0.6 is 0 Å². The van der Waals surface area contributed by atoms with Crippen LogP contribution in [-0.4, -0.2) is 48.1 Å². The van der Waals surface area contributed by atoms with Crippen LogP contribution in [-0.2, 0) is 39.6 Å². The Hall–Kier alpha value is -3.57. The summed E-state index contributed by atoms with van der Waals surface area (Å²) in [4.78, 5) is 19.3. The zero-order valence-corrected chi connectivity index (χ0v) is 21.0. The molecular formula is C26H28F2N4O4S. The van der Waals surface area contributed by atoms with Crippen molar-refractivity contribution in [3.63, 3.8) is 0 Å². The number of amides is 1. The fraction of sp³-hybridized carbons (Fsp3) is 0.308. The van der Waals surface area contributed by atoms with Crippen LogP contribution in [0, 0.1) is 11.6 Å². The monoisotopic (exact) mass is 530 g/mol. The Morgan fingerprint density at radius 3 is 2.59 bits per heavy atom. The number of imidazole rings is 1. The van der Waals surface area contributed by atoms with Crippen molar-refractivity contribution in [2.45, 2.75) is 44.1 Å². The molecule has 2 atom stereocenters. The summed E-state index contributed by atoms with van der Waals surface area (Å²) < 4.78 is 52.5. The van der Waals surface area contributed by atoms with Crippen LogP contribution in [0.25, 0.3) is 5.70 Å². The van der Waals surface area contributed by atoms with Crippen LogP contribution in [0.15, 0.2) is 54.3 Å². The largest absolute Gasteiger partial charge is 0.389 e. The molecule has 0 bridgehead atoms. The number of benzene rings is 2. The number of nitrogens with one attached hydrogen (secondary N) is 3. The van der Waals surface area contributed by atoms with Crippen molar-refractivity contribution in [3.8, 4) is 0 Å². The van der Waals surface area contributed by atoms with E-state index < -0.39 is 39.5 Å². The fourth-order valence-electron chi connectivity index (χ4n) is 4.29. The topological polar surface area (TPSA) is 124 Å². The number of aryl methyl sites for hydroxylation is 1. The van der Waals surface area contributed by atoms with Gasteiger partial charge in [-0.05, 0) is 47.7 Å². The number of sulfone groups is 1. The molecule has 0 saturated carbocycles. The summed E-state index contributed by atoms with van der Waals surface area (Å²) >= 11 is 0. The molecule has 8 nitrogen and oxygen atoms in total. The number of fused-ring (bicyclic) bond motifs is 1. The SMILES string of the molecule is CCc1ccc2c(c1)C(NCC(O)C(Cc1cc(F)cc(F)c1)NC(=O)Cc1cnc[nH]1)=CS(=O)(=O)C2. The maximum Gasteiger partial charge on any atom is 0.226 e. The fourth-order valence-corrected chi connectivity index (χ4v) is 5.63. The second-order valence-corrected chi connectivity index (χ2v) is 10.9. The number of hydrogen-bond acceptors (Lipinski definition) is 6. The lowest BCUT2D eigenvalue weighted by molar-refractivity contribution is -0.122. The highest BCUT2D eigenvalue weighted by atomic mass is 32.2. The lowest BCUT2D eigenvalue weighted by Crippen LogP contribution is -2.49. The maximum atomic E-state index is 13.8. The number of halogens is 2. The minimum absolute atomic E-state index is 0.0370. The summed E-state index contributed by atoms with van der Waals surface area (Å²) in [6, 6.07) is 7.67. The minimum atomic E-state index is -3.51. The summed E-state index contributed by atoms with van der Waals surface area (Å²) in [5.41, 5.74) is 3.56. The van der Waals surface area contributed by atoms with Gasteiger partial charge in [-0.2, -0.15) is 0 Å². The van der Waals surface area contributed by atoms with Crippen LogP contribution in [0.3, 0.4) is 0 Å². The standard InChI is InChI=1S/C26H28F2N4O4S/c1-2-16-3-4-18-13-37(35,36)14-24(22(18)7-16)30-12-25(33)23(8-17-5-19(27)9-20(28)6-17)32-26(34)10-21-11-29-15-31-21/h3-7,9,11,14-15,23,25,30,33H,2,8,10,12-13H2,1H3,(H,29,31)(H,32,34). The summed E-state index contributed by atoms with van der Waals surface area (Å²) in [6.07, 6.45) is 2.38. The van der Waals surface area contributed by atoms with Gasteiger partial charge in [-0.25, -0.2) is 22.2 Å². The number of aliphatic hydroxyl groups is 1. The van der Waals surface area contributed by atoms with E-state index in [9.17, 15) is 27.1 Å². The van der Waals surface area contributed by atoms with E-state index >= 15 is 0 Å². The van der Waals surface area contributed by atoms with Gasteiger partial charge in [0.05, 0.1) is 41.8 Å². The van der Waals surface area contributed by atoms with Crippen molar-refractivity contribution in [2.24, 2.45) is 0 Å². The van der Waals surface area contributed by atoms with Gasteiger partial charge in [-0.1, -0.05) is 19.1 Å². The highest BCUT2D eigenvalue weighted by Crippen LogP contribution is 2.28. The van der Waals surface area contributed by atoms with E-state index in [0.29, 0.717) is 17.0 Å². The number of hydrogen-bond donors (Lipinski definition) is 4. The molecule has 4 rings (SSSR count). The molecule has 3 aromatic rings. The first kappa shape index (κ1) is 26.5. The maximum absolute atomic E-state index is 13.8. The van der Waals surface area contributed by atoms with Gasteiger partial charge in [0.1, 0.15) is 11.6 Å². The molecule has 1 aromatic heterocycles. The van der Waals surface area contributed by atoms with Gasteiger partial charge in [0.25, 0.3) is 0 Å². The lowest BCUT2D eigenvalue weighted by Gasteiger charge is -2.27. The number of rotatable bonds is 10. The first-order valence-corrected chi connectivity index (χ1v) is 13.5. The smallest absolute Gasteiger partial charge is 0.226 e. The third kappa shape index (κ3) is 7.01. The van der Waals surface area contributed by atoms with E-state index in [-0.39, 0.29) is 30.7 Å². The van der Waals surface area contributed by atoms with E-state index in [1.54, 1.807) is 6.07 Å². The summed E-state index contributed by atoms with van der Waals surface area (Å²) in [5, 5.41) is 17.9. The van der Waals surface area contributed by atoms with Gasteiger partial charge in [0.2, 0.25) is 5.91 Å². The van der Waals surface area contributed by atoms with Gasteiger partial charge in [0, 0.05) is 30.1 Å². The molecule has 0 saturated heterocycles. The molecule has 11 heteroatoms. The van der Waals surface area contributed by atoms with Gasteiger partial charge >= 0.3 is 0 Å². The molecule has 196 valence electrons. The number of carbonyl (C=O) groups excluding carboxylic acids is 1. The van der Waals surface area contributed by atoms with Crippen LogP contribution in [0.4, 0.5) is 8.78 Å². The highest BCUT2D eigenvalue weighted by molar-refractivity contribution is 7.93. The minimum Gasteiger partial charge on any atom is -0.389 e. The van der Waals surface area contributed by atoms with E-state index in [2.05, 4.69) is 20.6 Å². The molecule has 0 aliphatic carbocycles. The average Bonchev–Trinajstić information content (AvgIpc) is 3.33. The van der Waals surface area contributed by atoms with Crippen molar-refractivity contribution in [2.75, 3.05) is 6.54 Å². The van der Waals surface area contributed by atoms with E-state index in [4.69, 9.17) is 0 Å². The van der Waals surface area contributed by atoms with Crippen LogP contribution in [0.5, 0.6) is 0 Å². The Bertz CT molecular complexity index is 1390. The number of aromatic amines is 1. The molecule has 2 heterocycles. The van der Waals surface area contributed by atoms with Crippen molar-refractivity contribution < 1.29 is 27.1 Å². The normalized spacial score (nSPS) is 15.8. The van der Waals surface area contributed by atoms with Gasteiger partial charge in [-0.3, -0.25) is 4.79 Å². The highest BCUT2D eigenvalue weighted by Gasteiger charge is 2.26. The zero-order valence-electron chi connectivity index (χ0n) is 20.2. The van der Waals surface area contributed by atoms with Gasteiger partial charge < -0.3 is 20.7 Å². The summed E-state index contributed by atoms with van der Waals surface area (Å²) in [6.45, 7) is 1.87. The third-order valence-electron chi connectivity index (χ3n) is 6.12. The number of carbonyl (C=O) groups is 1. The van der Waals surface area contributed by atoms with Crippen molar-refractivity contribution >= 4 is 21.4 Å². The predicted octanol–water partition coefficient (Wildman–Crippen LogP) is 2.40. The van der Waals surface area contributed by atoms with Crippen molar-refractivity contribution in [3.05, 3.63) is 93.9 Å². The molecule has 0 spiro atoms. The first-order valence-electron chi connectivity index (χ1n) is 11.8. The van der Waals surface area contributed by atoms with Crippen LogP contribution < -0.4 is 10.6 Å².